The topological polar surface area (TPSA) is 59.0 Å². The molecule has 1 aliphatic rings. The maximum atomic E-state index is 12.0. The third-order valence-electron chi connectivity index (χ3n) is 3.30. The van der Waals surface area contributed by atoms with Crippen LogP contribution >= 0.6 is 0 Å². The Morgan fingerprint density at radius 1 is 1.40 bits per heavy atom. The van der Waals surface area contributed by atoms with Gasteiger partial charge in [0.25, 0.3) is 5.91 Å². The Labute approximate surface area is 118 Å². The first-order chi connectivity index (χ1) is 9.70. The third kappa shape index (κ3) is 3.24. The molecule has 0 spiro atoms. The van der Waals surface area contributed by atoms with Crippen molar-refractivity contribution in [3.05, 3.63) is 47.8 Å². The van der Waals surface area contributed by atoms with Gasteiger partial charge in [0.1, 0.15) is 0 Å². The van der Waals surface area contributed by atoms with Gasteiger partial charge in [0.2, 0.25) is 0 Å². The summed E-state index contributed by atoms with van der Waals surface area (Å²) >= 11 is 0. The van der Waals surface area contributed by atoms with E-state index in [1.54, 1.807) is 24.0 Å². The number of benzene rings is 1. The molecular formula is C15H18N4O. The first-order valence-electron chi connectivity index (χ1n) is 6.84. The minimum absolute atomic E-state index is 0.182. The summed E-state index contributed by atoms with van der Waals surface area (Å²) in [5.41, 5.74) is 2.40. The van der Waals surface area contributed by atoms with E-state index in [9.17, 15) is 4.79 Å². The zero-order chi connectivity index (χ0) is 13.9. The Balaban J connectivity index is 1.64. The molecule has 0 aliphatic heterocycles. The molecular weight excluding hydrogens is 252 g/mol. The second kappa shape index (κ2) is 5.46. The monoisotopic (exact) mass is 270 g/mol. The van der Waals surface area contributed by atoms with E-state index >= 15 is 0 Å². The fraction of sp³-hybridized carbons (Fsp3) is 0.333. The van der Waals surface area contributed by atoms with Gasteiger partial charge in [0, 0.05) is 31.5 Å². The maximum Gasteiger partial charge on any atom is 0.276 e. The molecule has 3 rings (SSSR count). The summed E-state index contributed by atoms with van der Waals surface area (Å²) < 4.78 is 1.62. The molecule has 104 valence electrons. The minimum atomic E-state index is -0.182. The zero-order valence-corrected chi connectivity index (χ0v) is 11.5. The van der Waals surface area contributed by atoms with Crippen molar-refractivity contribution in [1.29, 1.82) is 0 Å². The van der Waals surface area contributed by atoms with Gasteiger partial charge in [-0.05, 0) is 36.6 Å². The highest BCUT2D eigenvalue weighted by Gasteiger charge is 2.19. The lowest BCUT2D eigenvalue weighted by Crippen LogP contribution is -2.16. The van der Waals surface area contributed by atoms with Crippen molar-refractivity contribution < 1.29 is 4.79 Å². The molecule has 0 saturated heterocycles. The average Bonchev–Trinajstić information content (AvgIpc) is 3.17. The third-order valence-corrected chi connectivity index (χ3v) is 3.30. The Morgan fingerprint density at radius 2 is 2.25 bits per heavy atom. The van der Waals surface area contributed by atoms with Crippen LogP contribution in [0, 0.1) is 0 Å². The largest absolute Gasteiger partial charge is 0.321 e. The van der Waals surface area contributed by atoms with Gasteiger partial charge in [0.05, 0.1) is 0 Å². The molecule has 0 unspecified atom stereocenters. The second-order valence-electron chi connectivity index (χ2n) is 5.18. The molecule has 0 bridgehead atoms. The van der Waals surface area contributed by atoms with Gasteiger partial charge < -0.3 is 10.6 Å². The fourth-order valence-corrected chi connectivity index (χ4v) is 2.04. The van der Waals surface area contributed by atoms with E-state index in [4.69, 9.17) is 0 Å². The van der Waals surface area contributed by atoms with Gasteiger partial charge in [-0.15, -0.1) is 0 Å². The van der Waals surface area contributed by atoms with Crippen molar-refractivity contribution in [2.75, 3.05) is 5.32 Å². The van der Waals surface area contributed by atoms with Gasteiger partial charge in [-0.2, -0.15) is 5.10 Å². The van der Waals surface area contributed by atoms with E-state index in [1.807, 2.05) is 18.2 Å². The van der Waals surface area contributed by atoms with Gasteiger partial charge in [-0.3, -0.25) is 9.48 Å². The smallest absolute Gasteiger partial charge is 0.276 e. The number of amides is 1. The van der Waals surface area contributed by atoms with Crippen LogP contribution in [0.5, 0.6) is 0 Å². The first-order valence-corrected chi connectivity index (χ1v) is 6.84. The van der Waals surface area contributed by atoms with Crippen LogP contribution in [0.3, 0.4) is 0 Å². The quantitative estimate of drug-likeness (QED) is 0.872. The predicted octanol–water partition coefficient (Wildman–Crippen LogP) is 1.92. The molecule has 1 saturated carbocycles. The molecule has 1 heterocycles. The molecule has 2 N–H and O–H groups in total. The number of carbonyl (C=O) groups excluding carboxylic acids is 1. The first kappa shape index (κ1) is 12.9. The summed E-state index contributed by atoms with van der Waals surface area (Å²) in [5.74, 6) is -0.182. The summed E-state index contributed by atoms with van der Waals surface area (Å²) in [4.78, 5) is 12.0. The highest BCUT2D eigenvalue weighted by molar-refractivity contribution is 6.02. The average molecular weight is 270 g/mol. The van der Waals surface area contributed by atoms with Gasteiger partial charge in [0.15, 0.2) is 5.69 Å². The lowest BCUT2D eigenvalue weighted by atomic mass is 10.2. The summed E-state index contributed by atoms with van der Waals surface area (Å²) in [6, 6.07) is 10.3. The molecule has 1 aliphatic carbocycles. The van der Waals surface area contributed by atoms with E-state index in [2.05, 4.69) is 21.8 Å². The standard InChI is InChI=1S/C15H18N4O/c1-19-8-7-14(18-19)15(20)17-13-4-2-3-11(9-13)10-16-12-5-6-12/h2-4,7-9,12,16H,5-6,10H2,1H3,(H,17,20). The van der Waals surface area contributed by atoms with Crippen molar-refractivity contribution in [2.45, 2.75) is 25.4 Å². The van der Waals surface area contributed by atoms with Crippen LogP contribution < -0.4 is 10.6 Å². The highest BCUT2D eigenvalue weighted by atomic mass is 16.1. The van der Waals surface area contributed by atoms with Crippen molar-refractivity contribution in [2.24, 2.45) is 7.05 Å². The van der Waals surface area contributed by atoms with Gasteiger partial charge >= 0.3 is 0 Å². The Bertz CT molecular complexity index is 616. The molecule has 1 fully saturated rings. The molecule has 20 heavy (non-hydrogen) atoms. The number of hydrogen-bond donors (Lipinski definition) is 2. The van der Waals surface area contributed by atoms with Crippen LogP contribution in [0.1, 0.15) is 28.9 Å². The van der Waals surface area contributed by atoms with Crippen molar-refractivity contribution in [3.8, 4) is 0 Å². The normalized spacial score (nSPS) is 14.2. The summed E-state index contributed by atoms with van der Waals surface area (Å²) in [6.45, 7) is 0.845. The van der Waals surface area contributed by atoms with Crippen LogP contribution in [-0.4, -0.2) is 21.7 Å². The SMILES string of the molecule is Cn1ccc(C(=O)Nc2cccc(CNC3CC3)c2)n1. The van der Waals surface area contributed by atoms with E-state index < -0.39 is 0 Å². The Hall–Kier alpha value is -2.14. The summed E-state index contributed by atoms with van der Waals surface area (Å²) in [6.07, 6.45) is 4.30. The van der Waals surface area contributed by atoms with Crippen molar-refractivity contribution >= 4 is 11.6 Å². The van der Waals surface area contributed by atoms with Crippen molar-refractivity contribution in [3.63, 3.8) is 0 Å². The molecule has 1 amide bonds. The van der Waals surface area contributed by atoms with E-state index in [1.165, 1.54) is 18.4 Å². The lowest BCUT2D eigenvalue weighted by Gasteiger charge is -2.07. The van der Waals surface area contributed by atoms with E-state index in [0.717, 1.165) is 12.2 Å². The van der Waals surface area contributed by atoms with Crippen LogP contribution in [-0.2, 0) is 13.6 Å². The molecule has 0 atom stereocenters. The number of nitrogens with zero attached hydrogens (tertiary/aromatic N) is 2. The van der Waals surface area contributed by atoms with Gasteiger partial charge in [-0.1, -0.05) is 12.1 Å². The second-order valence-corrected chi connectivity index (χ2v) is 5.18. The molecule has 2 aromatic rings. The van der Waals surface area contributed by atoms with E-state index in [-0.39, 0.29) is 5.91 Å². The Morgan fingerprint density at radius 3 is 2.95 bits per heavy atom. The fourth-order valence-electron chi connectivity index (χ4n) is 2.04. The number of nitrogens with one attached hydrogen (secondary N) is 2. The van der Waals surface area contributed by atoms with Crippen LogP contribution in [0.15, 0.2) is 36.5 Å². The summed E-state index contributed by atoms with van der Waals surface area (Å²) in [7, 11) is 1.79. The van der Waals surface area contributed by atoms with Crippen LogP contribution in [0.2, 0.25) is 0 Å². The number of rotatable bonds is 5. The molecule has 1 aromatic heterocycles. The minimum Gasteiger partial charge on any atom is -0.321 e. The molecule has 5 nitrogen and oxygen atoms in total. The van der Waals surface area contributed by atoms with Crippen LogP contribution in [0.25, 0.3) is 0 Å². The molecule has 1 aromatic carbocycles. The zero-order valence-electron chi connectivity index (χ0n) is 11.5. The molecule has 5 heteroatoms. The lowest BCUT2D eigenvalue weighted by molar-refractivity contribution is 0.102. The predicted molar refractivity (Wildman–Crippen MR) is 77.5 cm³/mol. The maximum absolute atomic E-state index is 12.0. The number of aromatic nitrogens is 2. The van der Waals surface area contributed by atoms with E-state index in [0.29, 0.717) is 11.7 Å². The van der Waals surface area contributed by atoms with Crippen molar-refractivity contribution in [1.82, 2.24) is 15.1 Å². The number of aryl methyl sites for hydroxylation is 1. The highest BCUT2D eigenvalue weighted by Crippen LogP contribution is 2.20. The van der Waals surface area contributed by atoms with Crippen LogP contribution in [0.4, 0.5) is 5.69 Å². The van der Waals surface area contributed by atoms with Gasteiger partial charge in [-0.25, -0.2) is 0 Å². The molecule has 0 radical (unpaired) electrons. The summed E-state index contributed by atoms with van der Waals surface area (Å²) in [5, 5.41) is 10.4. The number of hydrogen-bond acceptors (Lipinski definition) is 3. The number of anilines is 1. The Kier molecular flexibility index (Phi) is 3.52. The number of carbonyl (C=O) groups is 1.